The molecule has 0 fully saturated rings. The average molecular weight is 413 g/mol. The van der Waals surface area contributed by atoms with Gasteiger partial charge < -0.3 is 14.8 Å². The molecule has 0 aliphatic heterocycles. The SMILES string of the molecule is COC(=O)CNS(=O)(=O)c1ccc(NC(=O)COc2ccc(Cl)cc2)cc1. The molecular formula is C17H17ClN2O6S. The summed E-state index contributed by atoms with van der Waals surface area (Å²) in [4.78, 5) is 22.9. The number of ether oxygens (including phenoxy) is 2. The fourth-order valence-electron chi connectivity index (χ4n) is 1.90. The van der Waals surface area contributed by atoms with Gasteiger partial charge in [-0.15, -0.1) is 0 Å². The predicted octanol–water partition coefficient (Wildman–Crippen LogP) is 1.81. The van der Waals surface area contributed by atoms with Crippen LogP contribution in [0.25, 0.3) is 0 Å². The van der Waals surface area contributed by atoms with Gasteiger partial charge in [0.2, 0.25) is 10.0 Å². The van der Waals surface area contributed by atoms with Crippen LogP contribution in [0.2, 0.25) is 5.02 Å². The summed E-state index contributed by atoms with van der Waals surface area (Å²) in [5, 5.41) is 3.14. The minimum absolute atomic E-state index is 0.0539. The molecule has 0 aliphatic carbocycles. The number of hydrogen-bond donors (Lipinski definition) is 2. The van der Waals surface area contributed by atoms with Crippen molar-refractivity contribution >= 4 is 39.2 Å². The van der Waals surface area contributed by atoms with Gasteiger partial charge in [-0.3, -0.25) is 9.59 Å². The van der Waals surface area contributed by atoms with E-state index < -0.39 is 28.4 Å². The van der Waals surface area contributed by atoms with Gasteiger partial charge in [-0.25, -0.2) is 8.42 Å². The van der Waals surface area contributed by atoms with Gasteiger partial charge in [0.05, 0.1) is 12.0 Å². The van der Waals surface area contributed by atoms with Crippen LogP contribution < -0.4 is 14.8 Å². The lowest BCUT2D eigenvalue weighted by Gasteiger charge is -2.09. The van der Waals surface area contributed by atoms with Crippen molar-refractivity contribution in [3.05, 3.63) is 53.6 Å². The van der Waals surface area contributed by atoms with E-state index in [-0.39, 0.29) is 11.5 Å². The van der Waals surface area contributed by atoms with E-state index in [9.17, 15) is 18.0 Å². The van der Waals surface area contributed by atoms with E-state index in [0.29, 0.717) is 16.5 Å². The van der Waals surface area contributed by atoms with Crippen molar-refractivity contribution in [1.82, 2.24) is 4.72 Å². The van der Waals surface area contributed by atoms with Gasteiger partial charge >= 0.3 is 5.97 Å². The minimum Gasteiger partial charge on any atom is -0.484 e. The molecular weight excluding hydrogens is 396 g/mol. The topological polar surface area (TPSA) is 111 Å². The quantitative estimate of drug-likeness (QED) is 0.640. The third-order valence-electron chi connectivity index (χ3n) is 3.27. The predicted molar refractivity (Wildman–Crippen MR) is 99.2 cm³/mol. The minimum atomic E-state index is -3.86. The third-order valence-corrected chi connectivity index (χ3v) is 4.94. The van der Waals surface area contributed by atoms with Crippen molar-refractivity contribution in [1.29, 1.82) is 0 Å². The van der Waals surface area contributed by atoms with E-state index in [1.807, 2.05) is 0 Å². The zero-order valence-electron chi connectivity index (χ0n) is 14.3. The first-order valence-corrected chi connectivity index (χ1v) is 9.51. The number of sulfonamides is 1. The van der Waals surface area contributed by atoms with E-state index in [1.54, 1.807) is 24.3 Å². The molecule has 0 atom stereocenters. The first-order valence-electron chi connectivity index (χ1n) is 7.65. The fraction of sp³-hybridized carbons (Fsp3) is 0.176. The molecule has 0 radical (unpaired) electrons. The molecule has 2 aromatic carbocycles. The molecule has 0 aromatic heterocycles. The maximum atomic E-state index is 12.0. The Morgan fingerprint density at radius 1 is 1.04 bits per heavy atom. The second-order valence-electron chi connectivity index (χ2n) is 5.22. The number of anilines is 1. The first kappa shape index (κ1) is 20.7. The number of nitrogens with one attached hydrogen (secondary N) is 2. The summed E-state index contributed by atoms with van der Waals surface area (Å²) in [7, 11) is -2.70. The van der Waals surface area contributed by atoms with Gasteiger partial charge in [0, 0.05) is 10.7 Å². The van der Waals surface area contributed by atoms with Crippen LogP contribution in [0.1, 0.15) is 0 Å². The van der Waals surface area contributed by atoms with Crippen LogP contribution in [0.4, 0.5) is 5.69 Å². The fourth-order valence-corrected chi connectivity index (χ4v) is 3.00. The molecule has 8 nitrogen and oxygen atoms in total. The van der Waals surface area contributed by atoms with Gasteiger partial charge in [0.25, 0.3) is 5.91 Å². The summed E-state index contributed by atoms with van der Waals surface area (Å²) < 4.78 is 35.9. The zero-order chi connectivity index (χ0) is 19.9. The van der Waals surface area contributed by atoms with Crippen molar-refractivity contribution in [2.75, 3.05) is 25.6 Å². The van der Waals surface area contributed by atoms with Crippen molar-refractivity contribution in [3.63, 3.8) is 0 Å². The molecule has 144 valence electrons. The Hall–Kier alpha value is -2.62. The Balaban J connectivity index is 1.89. The molecule has 2 N–H and O–H groups in total. The van der Waals surface area contributed by atoms with Gasteiger partial charge in [0.1, 0.15) is 12.3 Å². The normalized spacial score (nSPS) is 10.9. The number of rotatable bonds is 8. The highest BCUT2D eigenvalue weighted by atomic mass is 35.5. The Bertz CT molecular complexity index is 898. The molecule has 0 unspecified atom stereocenters. The lowest BCUT2D eigenvalue weighted by molar-refractivity contribution is -0.139. The Labute approximate surface area is 161 Å². The number of hydrogen-bond acceptors (Lipinski definition) is 6. The van der Waals surface area contributed by atoms with Crippen LogP contribution in [-0.4, -0.2) is 40.6 Å². The molecule has 0 bridgehead atoms. The largest absolute Gasteiger partial charge is 0.484 e. The van der Waals surface area contributed by atoms with Crippen LogP contribution in [0.5, 0.6) is 5.75 Å². The van der Waals surface area contributed by atoms with Gasteiger partial charge in [-0.1, -0.05) is 11.6 Å². The molecule has 2 aromatic rings. The first-order chi connectivity index (χ1) is 12.8. The monoisotopic (exact) mass is 412 g/mol. The number of benzene rings is 2. The van der Waals surface area contributed by atoms with Crippen LogP contribution in [-0.2, 0) is 24.3 Å². The summed E-state index contributed by atoms with van der Waals surface area (Å²) in [6, 6.07) is 12.0. The van der Waals surface area contributed by atoms with Crippen molar-refractivity contribution in [2.45, 2.75) is 4.90 Å². The van der Waals surface area contributed by atoms with E-state index >= 15 is 0 Å². The summed E-state index contributed by atoms with van der Waals surface area (Å²) in [5.41, 5.74) is 0.395. The van der Waals surface area contributed by atoms with Crippen LogP contribution >= 0.6 is 11.6 Å². The molecule has 2 rings (SSSR count). The van der Waals surface area contributed by atoms with E-state index in [4.69, 9.17) is 16.3 Å². The van der Waals surface area contributed by atoms with E-state index in [1.165, 1.54) is 24.3 Å². The lowest BCUT2D eigenvalue weighted by atomic mass is 10.3. The van der Waals surface area contributed by atoms with E-state index in [2.05, 4.69) is 14.8 Å². The molecule has 0 saturated carbocycles. The molecule has 10 heteroatoms. The van der Waals surface area contributed by atoms with Crippen LogP contribution in [0.15, 0.2) is 53.4 Å². The van der Waals surface area contributed by atoms with E-state index in [0.717, 1.165) is 7.11 Å². The summed E-state index contributed by atoms with van der Waals surface area (Å²) in [5.74, 6) is -0.625. The number of amides is 1. The number of carbonyl (C=O) groups excluding carboxylic acids is 2. The second-order valence-corrected chi connectivity index (χ2v) is 7.42. The molecule has 1 amide bonds. The molecule has 0 aliphatic rings. The summed E-state index contributed by atoms with van der Waals surface area (Å²) in [6.45, 7) is -0.693. The summed E-state index contributed by atoms with van der Waals surface area (Å²) >= 11 is 5.76. The van der Waals surface area contributed by atoms with Crippen LogP contribution in [0, 0.1) is 0 Å². The van der Waals surface area contributed by atoms with Crippen molar-refractivity contribution in [3.8, 4) is 5.75 Å². The highest BCUT2D eigenvalue weighted by Crippen LogP contribution is 2.16. The average Bonchev–Trinajstić information content (AvgIpc) is 2.66. The standard InChI is InChI=1S/C17H17ClN2O6S/c1-25-17(22)10-19-27(23,24)15-8-4-13(5-9-15)20-16(21)11-26-14-6-2-12(18)3-7-14/h2-9,19H,10-11H2,1H3,(H,20,21). The molecule has 0 saturated heterocycles. The summed E-state index contributed by atoms with van der Waals surface area (Å²) in [6.07, 6.45) is 0. The Morgan fingerprint density at radius 2 is 1.67 bits per heavy atom. The van der Waals surface area contributed by atoms with Gasteiger partial charge in [0.15, 0.2) is 6.61 Å². The maximum Gasteiger partial charge on any atom is 0.320 e. The highest BCUT2D eigenvalue weighted by molar-refractivity contribution is 7.89. The smallest absolute Gasteiger partial charge is 0.320 e. The number of halogens is 1. The molecule has 27 heavy (non-hydrogen) atoms. The highest BCUT2D eigenvalue weighted by Gasteiger charge is 2.15. The molecule has 0 heterocycles. The Morgan fingerprint density at radius 3 is 2.26 bits per heavy atom. The number of carbonyl (C=O) groups is 2. The molecule has 0 spiro atoms. The van der Waals surface area contributed by atoms with Gasteiger partial charge in [-0.2, -0.15) is 4.72 Å². The van der Waals surface area contributed by atoms with Crippen LogP contribution in [0.3, 0.4) is 0 Å². The number of esters is 1. The maximum absolute atomic E-state index is 12.0. The lowest BCUT2D eigenvalue weighted by Crippen LogP contribution is -2.30. The zero-order valence-corrected chi connectivity index (χ0v) is 15.8. The Kier molecular flexibility index (Phi) is 7.17. The third kappa shape index (κ3) is 6.55. The number of methoxy groups -OCH3 is 1. The second kappa shape index (κ2) is 9.36. The van der Waals surface area contributed by atoms with Crippen molar-refractivity contribution < 1.29 is 27.5 Å². The van der Waals surface area contributed by atoms with Crippen molar-refractivity contribution in [2.24, 2.45) is 0 Å². The van der Waals surface area contributed by atoms with Gasteiger partial charge in [-0.05, 0) is 48.5 Å².